The Kier molecular flexibility index (Phi) is 2.02. The molecule has 0 unspecified atom stereocenters. The Balaban J connectivity index is 3.00. The average molecular weight is 209 g/mol. The van der Waals surface area contributed by atoms with E-state index in [1.807, 2.05) is 0 Å². The molecule has 0 bridgehead atoms. The summed E-state index contributed by atoms with van der Waals surface area (Å²) < 4.78 is 29.4. The highest BCUT2D eigenvalue weighted by Gasteiger charge is 2.54. The van der Waals surface area contributed by atoms with Crippen LogP contribution >= 0.6 is 0 Å². The van der Waals surface area contributed by atoms with Gasteiger partial charge in [-0.05, 0) is 0 Å². The fourth-order valence-electron chi connectivity index (χ4n) is 1.03. The van der Waals surface area contributed by atoms with Gasteiger partial charge in [0, 0.05) is 0 Å². The zero-order valence-corrected chi connectivity index (χ0v) is 7.06. The Bertz CT molecular complexity index is 362. The number of rotatable bonds is 2. The first kappa shape index (κ1) is 9.89. The summed E-state index contributed by atoms with van der Waals surface area (Å²) >= 11 is 0. The number of carbonyl (C=O) groups excluding carboxylic acids is 2. The van der Waals surface area contributed by atoms with E-state index in [1.165, 1.54) is 0 Å². The highest BCUT2D eigenvalue weighted by atomic mass is 32.2. The molecule has 1 aliphatic heterocycles. The molecule has 0 aliphatic carbocycles. The third kappa shape index (κ3) is 1.36. The molecule has 8 nitrogen and oxygen atoms in total. The molecule has 1 aliphatic rings. The molecule has 0 aromatic heterocycles. The van der Waals surface area contributed by atoms with Crippen LogP contribution in [0.3, 0.4) is 0 Å². The van der Waals surface area contributed by atoms with E-state index in [4.69, 9.17) is 16.0 Å². The Morgan fingerprint density at radius 2 is 2.00 bits per heavy atom. The maximum atomic E-state index is 10.8. The van der Waals surface area contributed by atoms with E-state index in [9.17, 15) is 18.0 Å². The van der Waals surface area contributed by atoms with E-state index in [0.717, 1.165) is 0 Å². The zero-order valence-electron chi connectivity index (χ0n) is 6.25. The van der Waals surface area contributed by atoms with Crippen LogP contribution < -0.4 is 11.5 Å². The van der Waals surface area contributed by atoms with Gasteiger partial charge in [0.15, 0.2) is 6.04 Å². The van der Waals surface area contributed by atoms with Crippen LogP contribution in [0.2, 0.25) is 0 Å². The Hall–Kier alpha value is -1.19. The fourth-order valence-corrected chi connectivity index (χ4v) is 1.90. The van der Waals surface area contributed by atoms with Gasteiger partial charge in [-0.1, -0.05) is 0 Å². The topological polar surface area (TPSA) is 144 Å². The van der Waals surface area contributed by atoms with Crippen molar-refractivity contribution in [2.45, 2.75) is 12.1 Å². The lowest BCUT2D eigenvalue weighted by molar-refractivity contribution is -0.147. The molecular weight excluding hydrogens is 202 g/mol. The second-order valence-electron chi connectivity index (χ2n) is 2.48. The normalized spacial score (nSPS) is 28.5. The molecule has 9 heteroatoms. The highest BCUT2D eigenvalue weighted by Crippen LogP contribution is 2.21. The molecule has 0 aromatic rings. The van der Waals surface area contributed by atoms with Crippen molar-refractivity contribution >= 4 is 22.1 Å². The summed E-state index contributed by atoms with van der Waals surface area (Å²) in [5.41, 5.74) is 9.84. The maximum Gasteiger partial charge on any atom is 0.363 e. The van der Waals surface area contributed by atoms with Crippen LogP contribution in [-0.2, 0) is 19.9 Å². The molecule has 0 radical (unpaired) electrons. The van der Waals surface area contributed by atoms with Gasteiger partial charge >= 0.3 is 10.3 Å². The Morgan fingerprint density at radius 1 is 1.54 bits per heavy atom. The first-order valence-electron chi connectivity index (χ1n) is 3.12. The summed E-state index contributed by atoms with van der Waals surface area (Å²) in [5, 5.41) is 0. The number of nitrogens with two attached hydrogens (primary N) is 2. The van der Waals surface area contributed by atoms with Gasteiger partial charge in [0.2, 0.25) is 5.91 Å². The average Bonchev–Trinajstić information content (AvgIpc) is 1.94. The Morgan fingerprint density at radius 3 is 2.23 bits per heavy atom. The van der Waals surface area contributed by atoms with Crippen LogP contribution in [0.25, 0.3) is 0 Å². The standard InChI is InChI=1S/C4H7N3O5S/c5-1-2(3(6)8)7(4(1)9)13(10,11)12/h1-2H,5H2,(H2,6,8)(H,10,11,12)/t1-,2-/m0/s1. The van der Waals surface area contributed by atoms with Crippen molar-refractivity contribution in [1.29, 1.82) is 0 Å². The number of carbonyl (C=O) groups is 2. The molecule has 2 amide bonds. The summed E-state index contributed by atoms with van der Waals surface area (Å²) in [5.74, 6) is -2.13. The molecule has 0 saturated carbocycles. The molecule has 5 N–H and O–H groups in total. The van der Waals surface area contributed by atoms with Gasteiger partial charge in [-0.2, -0.15) is 8.42 Å². The van der Waals surface area contributed by atoms with E-state index >= 15 is 0 Å². The summed E-state index contributed by atoms with van der Waals surface area (Å²) in [4.78, 5) is 21.3. The van der Waals surface area contributed by atoms with Crippen LogP contribution in [-0.4, -0.2) is 41.2 Å². The van der Waals surface area contributed by atoms with Gasteiger partial charge < -0.3 is 11.5 Å². The van der Waals surface area contributed by atoms with Crippen molar-refractivity contribution in [1.82, 2.24) is 4.31 Å². The van der Waals surface area contributed by atoms with Gasteiger partial charge in [0.25, 0.3) is 5.91 Å². The lowest BCUT2D eigenvalue weighted by atomic mass is 10.00. The molecule has 13 heavy (non-hydrogen) atoms. The molecule has 74 valence electrons. The predicted octanol–water partition coefficient (Wildman–Crippen LogP) is -3.19. The number of amides is 2. The van der Waals surface area contributed by atoms with Crippen LogP contribution in [0.4, 0.5) is 0 Å². The lowest BCUT2D eigenvalue weighted by Gasteiger charge is -2.39. The van der Waals surface area contributed by atoms with E-state index in [-0.39, 0.29) is 4.31 Å². The molecule has 1 fully saturated rings. The van der Waals surface area contributed by atoms with Crippen LogP contribution in [0.5, 0.6) is 0 Å². The Labute approximate surface area is 73.4 Å². The summed E-state index contributed by atoms with van der Waals surface area (Å²) in [6.45, 7) is 0. The van der Waals surface area contributed by atoms with E-state index in [1.54, 1.807) is 0 Å². The number of hydrogen-bond acceptors (Lipinski definition) is 5. The molecule has 1 rings (SSSR count). The highest BCUT2D eigenvalue weighted by molar-refractivity contribution is 7.84. The van der Waals surface area contributed by atoms with Crippen molar-refractivity contribution in [3.63, 3.8) is 0 Å². The van der Waals surface area contributed by atoms with Crippen LogP contribution in [0, 0.1) is 0 Å². The molecule has 2 atom stereocenters. The van der Waals surface area contributed by atoms with Gasteiger partial charge in [-0.3, -0.25) is 14.1 Å². The molecule has 0 aromatic carbocycles. The number of nitrogens with zero attached hydrogens (tertiary/aromatic N) is 1. The monoisotopic (exact) mass is 209 g/mol. The van der Waals surface area contributed by atoms with E-state index in [0.29, 0.717) is 0 Å². The second kappa shape index (κ2) is 2.65. The number of hydrogen-bond donors (Lipinski definition) is 3. The smallest absolute Gasteiger partial charge is 0.363 e. The van der Waals surface area contributed by atoms with Crippen LogP contribution in [0.1, 0.15) is 0 Å². The molecular formula is C4H7N3O5S. The predicted molar refractivity (Wildman–Crippen MR) is 39.4 cm³/mol. The minimum Gasteiger partial charge on any atom is -0.368 e. The first-order chi connectivity index (χ1) is 5.76. The number of primary amides is 1. The summed E-state index contributed by atoms with van der Waals surface area (Å²) in [6, 6.07) is -2.78. The lowest BCUT2D eigenvalue weighted by Crippen LogP contribution is -2.73. The van der Waals surface area contributed by atoms with E-state index < -0.39 is 34.2 Å². The number of β-lactam (4-membered cyclic amide) rings is 1. The van der Waals surface area contributed by atoms with Gasteiger partial charge in [-0.15, -0.1) is 0 Å². The zero-order chi connectivity index (χ0) is 10.4. The van der Waals surface area contributed by atoms with Crippen molar-refractivity contribution in [3.8, 4) is 0 Å². The van der Waals surface area contributed by atoms with Crippen LogP contribution in [0.15, 0.2) is 0 Å². The minimum atomic E-state index is -4.74. The molecule has 1 saturated heterocycles. The summed E-state index contributed by atoms with van der Waals surface area (Å²) in [7, 11) is -4.74. The second-order valence-corrected chi connectivity index (χ2v) is 3.77. The molecule has 1 heterocycles. The first-order valence-corrected chi connectivity index (χ1v) is 4.52. The summed E-state index contributed by atoms with van der Waals surface area (Å²) in [6.07, 6.45) is 0. The van der Waals surface area contributed by atoms with Crippen molar-refractivity contribution in [2.24, 2.45) is 11.5 Å². The van der Waals surface area contributed by atoms with Gasteiger partial charge in [0.1, 0.15) is 6.04 Å². The largest absolute Gasteiger partial charge is 0.368 e. The SMILES string of the molecule is NC(=O)[C@@H]1[C@H](N)C(=O)N1S(=O)(=O)O. The van der Waals surface area contributed by atoms with Crippen molar-refractivity contribution < 1.29 is 22.6 Å². The third-order valence-electron chi connectivity index (χ3n) is 1.64. The third-order valence-corrected chi connectivity index (χ3v) is 2.54. The maximum absolute atomic E-state index is 10.8. The van der Waals surface area contributed by atoms with Gasteiger partial charge in [-0.25, -0.2) is 4.31 Å². The van der Waals surface area contributed by atoms with Crippen molar-refractivity contribution in [2.75, 3.05) is 0 Å². The minimum absolute atomic E-state index is 0.0417. The van der Waals surface area contributed by atoms with Crippen molar-refractivity contribution in [3.05, 3.63) is 0 Å². The molecule has 0 spiro atoms. The quantitative estimate of drug-likeness (QED) is 0.323. The van der Waals surface area contributed by atoms with E-state index in [2.05, 4.69) is 0 Å². The fraction of sp³-hybridized carbons (Fsp3) is 0.500. The van der Waals surface area contributed by atoms with Gasteiger partial charge in [0.05, 0.1) is 0 Å².